The van der Waals surface area contributed by atoms with Crippen molar-refractivity contribution in [2.45, 2.75) is 38.8 Å². The van der Waals surface area contributed by atoms with E-state index < -0.39 is 11.0 Å². The topological polar surface area (TPSA) is 81.5 Å². The van der Waals surface area contributed by atoms with Crippen LogP contribution in [-0.2, 0) is 4.79 Å². The molecule has 6 nitrogen and oxygen atoms in total. The lowest BCUT2D eigenvalue weighted by atomic mass is 10.0. The molecule has 2 rings (SSSR count). The molecule has 0 heterocycles. The minimum absolute atomic E-state index is 0.0171. The minimum atomic E-state index is -0.704. The van der Waals surface area contributed by atoms with E-state index in [-0.39, 0.29) is 17.6 Å². The smallest absolute Gasteiger partial charge is 0.269 e. The van der Waals surface area contributed by atoms with E-state index in [1.165, 1.54) is 24.3 Å². The van der Waals surface area contributed by atoms with Crippen LogP contribution in [0.3, 0.4) is 0 Å². The van der Waals surface area contributed by atoms with Gasteiger partial charge in [0.25, 0.3) is 11.6 Å². The predicted molar refractivity (Wildman–Crippen MR) is 95.4 cm³/mol. The molecule has 25 heavy (non-hydrogen) atoms. The maximum absolute atomic E-state index is 12.4. The van der Waals surface area contributed by atoms with Gasteiger partial charge in [0.2, 0.25) is 0 Å². The Morgan fingerprint density at radius 1 is 1.16 bits per heavy atom. The molecule has 0 saturated carbocycles. The number of hydrogen-bond acceptors (Lipinski definition) is 4. The number of non-ortho nitro benzene ring substituents is 1. The number of carbonyl (C=O) groups excluding carboxylic acids is 1. The van der Waals surface area contributed by atoms with Gasteiger partial charge in [-0.1, -0.05) is 43.7 Å². The third-order valence-corrected chi connectivity index (χ3v) is 3.83. The van der Waals surface area contributed by atoms with Gasteiger partial charge in [-0.2, -0.15) is 0 Å². The van der Waals surface area contributed by atoms with E-state index in [1.54, 1.807) is 6.92 Å². The van der Waals surface area contributed by atoms with Crippen molar-refractivity contribution in [1.82, 2.24) is 5.32 Å². The Kier molecular flexibility index (Phi) is 6.51. The van der Waals surface area contributed by atoms with Crippen LogP contribution in [0, 0.1) is 10.1 Å². The second kappa shape index (κ2) is 8.82. The SMILES string of the molecule is CCC[C@H](NC(=O)[C@@H](C)Oc1ccc([N+](=O)[O-])cc1)c1ccccc1. The molecule has 0 aliphatic rings. The summed E-state index contributed by atoms with van der Waals surface area (Å²) < 4.78 is 5.59. The van der Waals surface area contributed by atoms with E-state index in [4.69, 9.17) is 4.74 Å². The van der Waals surface area contributed by atoms with Crippen molar-refractivity contribution in [2.75, 3.05) is 0 Å². The van der Waals surface area contributed by atoms with Crippen LogP contribution in [0.1, 0.15) is 38.3 Å². The van der Waals surface area contributed by atoms with E-state index in [2.05, 4.69) is 12.2 Å². The van der Waals surface area contributed by atoms with Crippen LogP contribution in [0.5, 0.6) is 5.75 Å². The van der Waals surface area contributed by atoms with E-state index in [1.807, 2.05) is 30.3 Å². The first-order valence-corrected chi connectivity index (χ1v) is 8.27. The molecule has 0 radical (unpaired) electrons. The van der Waals surface area contributed by atoms with Crippen molar-refractivity contribution >= 4 is 11.6 Å². The Labute approximate surface area is 147 Å². The molecule has 0 aliphatic heterocycles. The molecule has 0 spiro atoms. The fraction of sp³-hybridized carbons (Fsp3) is 0.316. The second-order valence-electron chi connectivity index (χ2n) is 5.77. The standard InChI is InChI=1S/C19H22N2O4/c1-3-7-18(15-8-5-4-6-9-15)20-19(22)14(2)25-17-12-10-16(11-13-17)21(23)24/h4-6,8-14,18H,3,7H2,1-2H3,(H,20,22)/t14-,18+/m1/s1. The number of benzene rings is 2. The van der Waals surface area contributed by atoms with Crippen LogP contribution in [0.15, 0.2) is 54.6 Å². The quantitative estimate of drug-likeness (QED) is 0.580. The van der Waals surface area contributed by atoms with Gasteiger partial charge in [0.15, 0.2) is 6.10 Å². The number of rotatable bonds is 8. The van der Waals surface area contributed by atoms with Crippen LogP contribution >= 0.6 is 0 Å². The zero-order chi connectivity index (χ0) is 18.2. The molecule has 0 bridgehead atoms. The van der Waals surface area contributed by atoms with Crippen LogP contribution in [0.4, 0.5) is 5.69 Å². The van der Waals surface area contributed by atoms with Gasteiger partial charge < -0.3 is 10.1 Å². The Hall–Kier alpha value is -2.89. The van der Waals surface area contributed by atoms with Gasteiger partial charge in [-0.25, -0.2) is 0 Å². The third kappa shape index (κ3) is 5.31. The zero-order valence-electron chi connectivity index (χ0n) is 14.3. The van der Waals surface area contributed by atoms with E-state index in [0.717, 1.165) is 18.4 Å². The number of carbonyl (C=O) groups is 1. The van der Waals surface area contributed by atoms with Crippen LogP contribution in [-0.4, -0.2) is 16.9 Å². The number of amides is 1. The molecule has 2 atom stereocenters. The van der Waals surface area contributed by atoms with Crippen LogP contribution in [0.2, 0.25) is 0 Å². The van der Waals surface area contributed by atoms with Gasteiger partial charge in [-0.15, -0.1) is 0 Å². The first-order chi connectivity index (χ1) is 12.0. The zero-order valence-corrected chi connectivity index (χ0v) is 14.3. The Balaban J connectivity index is 1.99. The molecule has 1 amide bonds. The molecule has 2 aromatic carbocycles. The maximum Gasteiger partial charge on any atom is 0.269 e. The van der Waals surface area contributed by atoms with E-state index >= 15 is 0 Å². The number of hydrogen-bond donors (Lipinski definition) is 1. The lowest BCUT2D eigenvalue weighted by Gasteiger charge is -2.21. The van der Waals surface area contributed by atoms with Crippen molar-refractivity contribution in [3.63, 3.8) is 0 Å². The fourth-order valence-electron chi connectivity index (χ4n) is 2.49. The first kappa shape index (κ1) is 18.4. The molecule has 0 saturated heterocycles. The van der Waals surface area contributed by atoms with E-state index in [9.17, 15) is 14.9 Å². The molecule has 1 N–H and O–H groups in total. The molecule has 6 heteroatoms. The highest BCUT2D eigenvalue weighted by atomic mass is 16.6. The van der Waals surface area contributed by atoms with E-state index in [0.29, 0.717) is 5.75 Å². The first-order valence-electron chi connectivity index (χ1n) is 8.27. The van der Waals surface area contributed by atoms with Crippen molar-refractivity contribution in [3.8, 4) is 5.75 Å². The van der Waals surface area contributed by atoms with Gasteiger partial charge in [-0.3, -0.25) is 14.9 Å². The Morgan fingerprint density at radius 2 is 1.80 bits per heavy atom. The highest BCUT2D eigenvalue weighted by Crippen LogP contribution is 2.20. The predicted octanol–water partition coefficient (Wildman–Crippen LogP) is 4.02. The number of nitrogens with one attached hydrogen (secondary N) is 1. The van der Waals surface area contributed by atoms with Gasteiger partial charge in [0.1, 0.15) is 5.75 Å². The summed E-state index contributed by atoms with van der Waals surface area (Å²) in [7, 11) is 0. The second-order valence-corrected chi connectivity index (χ2v) is 5.77. The lowest BCUT2D eigenvalue weighted by Crippen LogP contribution is -2.38. The average molecular weight is 342 g/mol. The van der Waals surface area contributed by atoms with Gasteiger partial charge in [-0.05, 0) is 31.0 Å². The minimum Gasteiger partial charge on any atom is -0.481 e. The van der Waals surface area contributed by atoms with Gasteiger partial charge >= 0.3 is 0 Å². The largest absolute Gasteiger partial charge is 0.481 e. The van der Waals surface area contributed by atoms with Crippen molar-refractivity contribution in [1.29, 1.82) is 0 Å². The molecular weight excluding hydrogens is 320 g/mol. The summed E-state index contributed by atoms with van der Waals surface area (Å²) in [4.78, 5) is 22.6. The summed E-state index contributed by atoms with van der Waals surface area (Å²) in [5.74, 6) is 0.195. The summed E-state index contributed by atoms with van der Waals surface area (Å²) in [6, 6.07) is 15.4. The molecule has 2 aromatic rings. The van der Waals surface area contributed by atoms with Crippen molar-refractivity contribution in [3.05, 3.63) is 70.3 Å². The van der Waals surface area contributed by atoms with Crippen molar-refractivity contribution < 1.29 is 14.5 Å². The summed E-state index contributed by atoms with van der Waals surface area (Å²) in [6.45, 7) is 3.73. The number of nitro groups is 1. The molecular formula is C19H22N2O4. The molecule has 132 valence electrons. The van der Waals surface area contributed by atoms with Gasteiger partial charge in [0.05, 0.1) is 11.0 Å². The molecule has 0 aliphatic carbocycles. The molecule has 0 unspecified atom stereocenters. The van der Waals surface area contributed by atoms with Crippen LogP contribution in [0.25, 0.3) is 0 Å². The van der Waals surface area contributed by atoms with Crippen LogP contribution < -0.4 is 10.1 Å². The number of nitro benzene ring substituents is 1. The average Bonchev–Trinajstić information content (AvgIpc) is 2.62. The summed E-state index contributed by atoms with van der Waals surface area (Å²) >= 11 is 0. The normalized spacial score (nSPS) is 12.9. The summed E-state index contributed by atoms with van der Waals surface area (Å²) in [5, 5.41) is 13.7. The molecule has 0 aromatic heterocycles. The Morgan fingerprint density at radius 3 is 2.36 bits per heavy atom. The lowest BCUT2D eigenvalue weighted by molar-refractivity contribution is -0.384. The third-order valence-electron chi connectivity index (χ3n) is 3.83. The molecule has 0 fully saturated rings. The summed E-state index contributed by atoms with van der Waals surface area (Å²) in [5.41, 5.74) is 1.04. The highest BCUT2D eigenvalue weighted by Gasteiger charge is 2.20. The monoisotopic (exact) mass is 342 g/mol. The highest BCUT2D eigenvalue weighted by molar-refractivity contribution is 5.81. The number of nitrogens with zero attached hydrogens (tertiary/aromatic N) is 1. The maximum atomic E-state index is 12.4. The summed E-state index contributed by atoms with van der Waals surface area (Å²) in [6.07, 6.45) is 1.07. The number of ether oxygens (including phenoxy) is 1. The van der Waals surface area contributed by atoms with Crippen molar-refractivity contribution in [2.24, 2.45) is 0 Å². The van der Waals surface area contributed by atoms with Gasteiger partial charge in [0, 0.05) is 12.1 Å². The Bertz CT molecular complexity index is 701. The fourth-order valence-corrected chi connectivity index (χ4v) is 2.49.